The number of hydrogen-bond donors (Lipinski definition) is 0. The van der Waals surface area contributed by atoms with Gasteiger partial charge in [-0.3, -0.25) is 10.1 Å². The molecule has 0 N–H and O–H groups in total. The summed E-state index contributed by atoms with van der Waals surface area (Å²) in [7, 11) is 2.78. The zero-order valence-electron chi connectivity index (χ0n) is 12.9. The van der Waals surface area contributed by atoms with Gasteiger partial charge < -0.3 is 9.47 Å². The molecule has 122 valence electrons. The lowest BCUT2D eigenvalue weighted by atomic mass is 10.0. The summed E-state index contributed by atoms with van der Waals surface area (Å²) in [6, 6.07) is 9.88. The third kappa shape index (κ3) is 3.50. The molecule has 0 aliphatic heterocycles. The van der Waals surface area contributed by atoms with Gasteiger partial charge in [0.1, 0.15) is 5.82 Å². The molecule has 0 spiro atoms. The summed E-state index contributed by atoms with van der Waals surface area (Å²) < 4.78 is 23.2. The molecule has 0 bridgehead atoms. The van der Waals surface area contributed by atoms with E-state index in [4.69, 9.17) is 9.47 Å². The fourth-order valence-electron chi connectivity index (χ4n) is 2.12. The lowest BCUT2D eigenvalue weighted by Gasteiger charge is -2.09. The lowest BCUT2D eigenvalue weighted by Crippen LogP contribution is -1.97. The van der Waals surface area contributed by atoms with Crippen LogP contribution in [0.5, 0.6) is 11.5 Å². The van der Waals surface area contributed by atoms with Crippen molar-refractivity contribution in [1.29, 1.82) is 5.26 Å². The van der Waals surface area contributed by atoms with E-state index in [1.54, 1.807) is 0 Å². The minimum Gasteiger partial charge on any atom is -0.493 e. The molecule has 0 aromatic heterocycles. The van der Waals surface area contributed by atoms with E-state index in [-0.39, 0.29) is 22.6 Å². The summed E-state index contributed by atoms with van der Waals surface area (Å²) >= 11 is 0. The number of allylic oxidation sites excluding steroid dienone is 1. The molecular weight excluding hydrogens is 315 g/mol. The fraction of sp³-hybridized carbons (Fsp3) is 0.118. The van der Waals surface area contributed by atoms with Crippen molar-refractivity contribution < 1.29 is 18.8 Å². The fourth-order valence-corrected chi connectivity index (χ4v) is 2.12. The van der Waals surface area contributed by atoms with Gasteiger partial charge >= 0.3 is 0 Å². The molecule has 0 heterocycles. The minimum atomic E-state index is -0.576. The summed E-state index contributed by atoms with van der Waals surface area (Å²) in [6.07, 6.45) is 1.35. The number of nitro groups is 1. The van der Waals surface area contributed by atoms with E-state index in [1.165, 1.54) is 56.7 Å². The number of hydrogen-bond acceptors (Lipinski definition) is 5. The van der Waals surface area contributed by atoms with Crippen LogP contribution in [0.2, 0.25) is 0 Å². The largest absolute Gasteiger partial charge is 0.493 e. The summed E-state index contributed by atoms with van der Waals surface area (Å²) in [5.74, 6) is 0.0699. The van der Waals surface area contributed by atoms with Crippen molar-refractivity contribution in [3.63, 3.8) is 0 Å². The number of benzene rings is 2. The highest BCUT2D eigenvalue weighted by molar-refractivity contribution is 5.91. The average molecular weight is 328 g/mol. The lowest BCUT2D eigenvalue weighted by molar-refractivity contribution is -0.385. The van der Waals surface area contributed by atoms with Gasteiger partial charge in [-0.15, -0.1) is 0 Å². The third-order valence-corrected chi connectivity index (χ3v) is 3.31. The molecule has 2 aromatic rings. The van der Waals surface area contributed by atoms with Crippen LogP contribution in [0.15, 0.2) is 36.4 Å². The standard InChI is InChI=1S/C17H13FN2O4/c1-23-16-8-12(15(20(21)22)9-17(16)24-2)7-13(10-19)11-3-5-14(18)6-4-11/h3-9H,1-2H3/b13-7-. The SMILES string of the molecule is COc1cc(/C=C(/C#N)c2ccc(F)cc2)c([N+](=O)[O-])cc1OC. The van der Waals surface area contributed by atoms with Crippen molar-refractivity contribution >= 4 is 17.3 Å². The van der Waals surface area contributed by atoms with Crippen LogP contribution in [0.25, 0.3) is 11.6 Å². The van der Waals surface area contributed by atoms with Crippen LogP contribution in [0.3, 0.4) is 0 Å². The van der Waals surface area contributed by atoms with E-state index in [1.807, 2.05) is 6.07 Å². The highest BCUT2D eigenvalue weighted by Gasteiger charge is 2.19. The Morgan fingerprint density at radius 3 is 2.29 bits per heavy atom. The number of methoxy groups -OCH3 is 2. The monoisotopic (exact) mass is 328 g/mol. The van der Waals surface area contributed by atoms with Crippen LogP contribution >= 0.6 is 0 Å². The molecule has 0 aliphatic rings. The maximum Gasteiger partial charge on any atom is 0.280 e. The molecule has 2 rings (SSSR count). The molecule has 0 amide bonds. The maximum atomic E-state index is 13.0. The summed E-state index contributed by atoms with van der Waals surface area (Å²) in [5, 5.41) is 20.6. The van der Waals surface area contributed by atoms with Gasteiger partial charge in [-0.25, -0.2) is 4.39 Å². The Morgan fingerprint density at radius 1 is 1.21 bits per heavy atom. The summed E-state index contributed by atoms with van der Waals surface area (Å²) in [6.45, 7) is 0. The Balaban J connectivity index is 2.62. The van der Waals surface area contributed by atoms with E-state index < -0.39 is 10.7 Å². The molecule has 2 aromatic carbocycles. The molecule has 0 radical (unpaired) electrons. The molecule has 6 nitrogen and oxygen atoms in total. The molecule has 0 fully saturated rings. The normalized spacial score (nSPS) is 10.8. The van der Waals surface area contributed by atoms with Gasteiger partial charge in [-0.05, 0) is 29.8 Å². The average Bonchev–Trinajstić information content (AvgIpc) is 2.59. The van der Waals surface area contributed by atoms with Crippen molar-refractivity contribution in [3.8, 4) is 17.6 Å². The maximum absolute atomic E-state index is 13.0. The number of rotatable bonds is 5. The zero-order chi connectivity index (χ0) is 17.7. The van der Waals surface area contributed by atoms with Crippen molar-refractivity contribution in [2.24, 2.45) is 0 Å². The van der Waals surface area contributed by atoms with Crippen LogP contribution in [0.1, 0.15) is 11.1 Å². The summed E-state index contributed by atoms with van der Waals surface area (Å²) in [4.78, 5) is 10.7. The molecule has 0 unspecified atom stereocenters. The van der Waals surface area contributed by atoms with E-state index in [2.05, 4.69) is 0 Å². The van der Waals surface area contributed by atoms with E-state index in [9.17, 15) is 19.8 Å². The zero-order valence-corrected chi connectivity index (χ0v) is 12.9. The molecule has 0 saturated heterocycles. The number of ether oxygens (including phenoxy) is 2. The number of halogens is 1. The first-order valence-corrected chi connectivity index (χ1v) is 6.78. The first-order valence-electron chi connectivity index (χ1n) is 6.78. The Labute approximate surface area is 137 Å². The first-order chi connectivity index (χ1) is 11.5. The van der Waals surface area contributed by atoms with Crippen molar-refractivity contribution in [1.82, 2.24) is 0 Å². The Kier molecular flexibility index (Phi) is 5.12. The minimum absolute atomic E-state index is 0.158. The summed E-state index contributed by atoms with van der Waals surface area (Å²) in [5.41, 5.74) is 0.550. The highest BCUT2D eigenvalue weighted by Crippen LogP contribution is 2.36. The van der Waals surface area contributed by atoms with Crippen molar-refractivity contribution in [3.05, 3.63) is 63.5 Å². The van der Waals surface area contributed by atoms with Gasteiger partial charge in [0.25, 0.3) is 5.69 Å². The molecule has 24 heavy (non-hydrogen) atoms. The van der Waals surface area contributed by atoms with E-state index in [0.29, 0.717) is 11.3 Å². The topological polar surface area (TPSA) is 85.4 Å². The van der Waals surface area contributed by atoms with Crippen LogP contribution in [0.4, 0.5) is 10.1 Å². The Hall–Kier alpha value is -3.40. The number of nitrogens with zero attached hydrogens (tertiary/aromatic N) is 2. The third-order valence-electron chi connectivity index (χ3n) is 3.31. The second-order valence-corrected chi connectivity index (χ2v) is 4.70. The molecule has 0 aliphatic carbocycles. The number of nitriles is 1. The van der Waals surface area contributed by atoms with Crippen LogP contribution < -0.4 is 9.47 Å². The Morgan fingerprint density at radius 2 is 1.79 bits per heavy atom. The second-order valence-electron chi connectivity index (χ2n) is 4.70. The molecule has 0 atom stereocenters. The van der Waals surface area contributed by atoms with Gasteiger partial charge in [0.15, 0.2) is 11.5 Å². The van der Waals surface area contributed by atoms with Gasteiger partial charge in [0.05, 0.1) is 42.4 Å². The predicted octanol–water partition coefficient (Wildman–Crippen LogP) is 3.82. The van der Waals surface area contributed by atoms with Gasteiger partial charge in [-0.2, -0.15) is 5.26 Å². The quantitative estimate of drug-likeness (QED) is 0.360. The molecule has 7 heteroatoms. The molecular formula is C17H13FN2O4. The first kappa shape index (κ1) is 17.0. The van der Waals surface area contributed by atoms with Gasteiger partial charge in [0.2, 0.25) is 0 Å². The van der Waals surface area contributed by atoms with Crippen LogP contribution in [0, 0.1) is 27.3 Å². The van der Waals surface area contributed by atoms with Crippen LogP contribution in [-0.4, -0.2) is 19.1 Å². The van der Waals surface area contributed by atoms with Crippen molar-refractivity contribution in [2.75, 3.05) is 14.2 Å². The second kappa shape index (κ2) is 7.24. The smallest absolute Gasteiger partial charge is 0.280 e. The highest BCUT2D eigenvalue weighted by atomic mass is 19.1. The van der Waals surface area contributed by atoms with Gasteiger partial charge in [0, 0.05) is 0 Å². The van der Waals surface area contributed by atoms with Crippen molar-refractivity contribution in [2.45, 2.75) is 0 Å². The predicted molar refractivity (Wildman–Crippen MR) is 86.1 cm³/mol. The van der Waals surface area contributed by atoms with E-state index in [0.717, 1.165) is 0 Å². The van der Waals surface area contributed by atoms with E-state index >= 15 is 0 Å². The van der Waals surface area contributed by atoms with Crippen LogP contribution in [-0.2, 0) is 0 Å². The Bertz CT molecular complexity index is 839. The molecule has 0 saturated carbocycles. The van der Waals surface area contributed by atoms with Gasteiger partial charge in [-0.1, -0.05) is 12.1 Å². The number of nitro benzene ring substituents is 1.